The van der Waals surface area contributed by atoms with Gasteiger partial charge in [-0.1, -0.05) is 6.07 Å². The highest BCUT2D eigenvalue weighted by molar-refractivity contribution is 5.97. The van der Waals surface area contributed by atoms with E-state index in [2.05, 4.69) is 0 Å². The Kier molecular flexibility index (Phi) is 6.45. The Morgan fingerprint density at radius 3 is 2.63 bits per heavy atom. The van der Waals surface area contributed by atoms with E-state index in [1.54, 1.807) is 13.0 Å². The number of hydrogen-bond acceptors (Lipinski definition) is 5. The van der Waals surface area contributed by atoms with E-state index in [0.29, 0.717) is 11.1 Å². The van der Waals surface area contributed by atoms with Gasteiger partial charge in [-0.2, -0.15) is 23.5 Å². The van der Waals surface area contributed by atoms with Crippen LogP contribution < -0.4 is 0 Å². The molecule has 144 valence electrons. The molecular formula is C18H17F3N2O4. The van der Waals surface area contributed by atoms with Gasteiger partial charge in [0.25, 0.3) is 5.91 Å². The van der Waals surface area contributed by atoms with E-state index in [9.17, 15) is 22.8 Å². The zero-order chi connectivity index (χ0) is 20.0. The maximum atomic E-state index is 12.9. The molecule has 0 spiro atoms. The normalized spacial score (nSPS) is 14.3. The number of amides is 1. The molecule has 0 heterocycles. The second-order valence-corrected chi connectivity index (χ2v) is 5.87. The summed E-state index contributed by atoms with van der Waals surface area (Å²) in [7, 11) is 0. The first kappa shape index (κ1) is 20.3. The molecule has 1 aliphatic carbocycles. The standard InChI is InChI=1S/C18H17F3N2O4/c1-2-26-11-14(9-22)17(25)27-23(10-12-6-7-12)16(24)13-4-3-5-15(8-13)18(19,20)21/h3-5,8,11-12H,2,6-7,10H2,1H3. The third-order valence-electron chi connectivity index (χ3n) is 3.69. The smallest absolute Gasteiger partial charge is 0.416 e. The molecule has 0 radical (unpaired) electrons. The first-order valence-corrected chi connectivity index (χ1v) is 8.19. The van der Waals surface area contributed by atoms with Crippen molar-refractivity contribution >= 4 is 11.9 Å². The molecular weight excluding hydrogens is 365 g/mol. The number of hydroxylamine groups is 2. The average Bonchev–Trinajstić information content (AvgIpc) is 3.44. The van der Waals surface area contributed by atoms with Crippen LogP contribution in [0.1, 0.15) is 35.7 Å². The van der Waals surface area contributed by atoms with Crippen molar-refractivity contribution < 1.29 is 32.3 Å². The molecule has 6 nitrogen and oxygen atoms in total. The number of carbonyl (C=O) groups is 2. The molecule has 1 aromatic carbocycles. The van der Waals surface area contributed by atoms with Crippen molar-refractivity contribution in [1.82, 2.24) is 5.06 Å². The third kappa shape index (κ3) is 5.74. The van der Waals surface area contributed by atoms with Gasteiger partial charge in [-0.25, -0.2) is 4.79 Å². The number of nitriles is 1. The molecule has 1 aliphatic rings. The van der Waals surface area contributed by atoms with E-state index in [-0.39, 0.29) is 24.6 Å². The van der Waals surface area contributed by atoms with Crippen LogP contribution in [0.5, 0.6) is 0 Å². The summed E-state index contributed by atoms with van der Waals surface area (Å²) in [6.45, 7) is 1.90. The molecule has 27 heavy (non-hydrogen) atoms. The van der Waals surface area contributed by atoms with E-state index >= 15 is 0 Å². The highest BCUT2D eigenvalue weighted by Crippen LogP contribution is 2.32. The van der Waals surface area contributed by atoms with E-state index in [4.69, 9.17) is 14.8 Å². The largest absolute Gasteiger partial charge is 0.500 e. The molecule has 1 aromatic rings. The van der Waals surface area contributed by atoms with E-state index in [1.807, 2.05) is 0 Å². The maximum absolute atomic E-state index is 12.9. The topological polar surface area (TPSA) is 79.6 Å². The van der Waals surface area contributed by atoms with Gasteiger partial charge in [-0.05, 0) is 43.9 Å². The zero-order valence-corrected chi connectivity index (χ0v) is 14.5. The van der Waals surface area contributed by atoms with Crippen molar-refractivity contribution in [1.29, 1.82) is 5.26 Å². The van der Waals surface area contributed by atoms with Crippen LogP contribution in [0.25, 0.3) is 0 Å². The van der Waals surface area contributed by atoms with Crippen LogP contribution in [0.4, 0.5) is 13.2 Å². The Hall–Kier alpha value is -3.02. The van der Waals surface area contributed by atoms with Gasteiger partial charge in [-0.15, -0.1) is 0 Å². The number of hydrogen-bond donors (Lipinski definition) is 0. The summed E-state index contributed by atoms with van der Waals surface area (Å²) < 4.78 is 43.5. The summed E-state index contributed by atoms with van der Waals surface area (Å²) in [4.78, 5) is 29.7. The second-order valence-electron chi connectivity index (χ2n) is 5.87. The van der Waals surface area contributed by atoms with Crippen LogP contribution in [0.15, 0.2) is 36.1 Å². The minimum absolute atomic E-state index is 0.0359. The van der Waals surface area contributed by atoms with E-state index < -0.39 is 29.2 Å². The highest BCUT2D eigenvalue weighted by atomic mass is 19.4. The lowest BCUT2D eigenvalue weighted by Crippen LogP contribution is -2.36. The average molecular weight is 382 g/mol. The fourth-order valence-electron chi connectivity index (χ4n) is 2.11. The minimum atomic E-state index is -4.61. The van der Waals surface area contributed by atoms with Gasteiger partial charge in [0.05, 0.1) is 18.7 Å². The molecule has 0 bridgehead atoms. The molecule has 0 atom stereocenters. The lowest BCUT2D eigenvalue weighted by molar-refractivity contribution is -0.173. The molecule has 1 fully saturated rings. The first-order valence-electron chi connectivity index (χ1n) is 8.19. The van der Waals surface area contributed by atoms with Gasteiger partial charge < -0.3 is 9.57 Å². The lowest BCUT2D eigenvalue weighted by atomic mass is 10.1. The number of carbonyl (C=O) groups excluding carboxylic acids is 2. The summed E-state index contributed by atoms with van der Waals surface area (Å²) in [5, 5.41) is 9.69. The van der Waals surface area contributed by atoms with Gasteiger partial charge >= 0.3 is 12.1 Å². The number of rotatable bonds is 6. The third-order valence-corrected chi connectivity index (χ3v) is 3.69. The van der Waals surface area contributed by atoms with Crippen LogP contribution in [0, 0.1) is 17.2 Å². The maximum Gasteiger partial charge on any atom is 0.416 e. The van der Waals surface area contributed by atoms with Gasteiger partial charge in [0.15, 0.2) is 5.57 Å². The van der Waals surface area contributed by atoms with Crippen molar-refractivity contribution in [2.75, 3.05) is 13.2 Å². The van der Waals surface area contributed by atoms with Gasteiger partial charge in [0.2, 0.25) is 0 Å². The number of ether oxygens (including phenoxy) is 1. The van der Waals surface area contributed by atoms with Crippen molar-refractivity contribution in [3.63, 3.8) is 0 Å². The zero-order valence-electron chi connectivity index (χ0n) is 14.5. The molecule has 2 rings (SSSR count). The molecule has 0 saturated heterocycles. The molecule has 0 aromatic heterocycles. The number of alkyl halides is 3. The first-order chi connectivity index (χ1) is 12.8. The van der Waals surface area contributed by atoms with Crippen molar-refractivity contribution in [2.24, 2.45) is 5.92 Å². The quantitative estimate of drug-likeness (QED) is 0.326. The Balaban J connectivity index is 2.22. The second kappa shape index (κ2) is 8.58. The molecule has 0 unspecified atom stereocenters. The van der Waals surface area contributed by atoms with Gasteiger partial charge in [-0.3, -0.25) is 4.79 Å². The van der Waals surface area contributed by atoms with Crippen molar-refractivity contribution in [3.05, 3.63) is 47.2 Å². The van der Waals surface area contributed by atoms with Crippen LogP contribution in [0.3, 0.4) is 0 Å². The fraction of sp³-hybridized carbons (Fsp3) is 0.389. The van der Waals surface area contributed by atoms with Gasteiger partial charge in [0.1, 0.15) is 12.3 Å². The Bertz CT molecular complexity index is 780. The Morgan fingerprint density at radius 2 is 2.07 bits per heavy atom. The highest BCUT2D eigenvalue weighted by Gasteiger charge is 2.34. The minimum Gasteiger partial charge on any atom is -0.500 e. The molecule has 1 amide bonds. The lowest BCUT2D eigenvalue weighted by Gasteiger charge is -2.21. The predicted molar refractivity (Wildman–Crippen MR) is 86.6 cm³/mol. The van der Waals surface area contributed by atoms with Crippen molar-refractivity contribution in [3.8, 4) is 6.07 Å². The molecule has 0 N–H and O–H groups in total. The number of nitrogens with zero attached hydrogens (tertiary/aromatic N) is 2. The molecule has 9 heteroatoms. The number of halogens is 3. The molecule has 1 saturated carbocycles. The summed E-state index contributed by atoms with van der Waals surface area (Å²) >= 11 is 0. The van der Waals surface area contributed by atoms with Gasteiger partial charge in [0, 0.05) is 5.56 Å². The van der Waals surface area contributed by atoms with E-state index in [1.165, 1.54) is 6.07 Å². The van der Waals surface area contributed by atoms with Crippen LogP contribution in [-0.2, 0) is 20.5 Å². The summed E-state index contributed by atoms with van der Waals surface area (Å²) in [5.41, 5.74) is -1.72. The monoisotopic (exact) mass is 382 g/mol. The SMILES string of the molecule is CCOC=C(C#N)C(=O)ON(CC1CC1)C(=O)c1cccc(C(F)(F)F)c1. The summed E-state index contributed by atoms with van der Waals surface area (Å²) in [5.74, 6) is -1.92. The molecule has 0 aliphatic heterocycles. The van der Waals surface area contributed by atoms with Crippen LogP contribution >= 0.6 is 0 Å². The Labute approximate surface area is 153 Å². The van der Waals surface area contributed by atoms with Crippen LogP contribution in [0.2, 0.25) is 0 Å². The Morgan fingerprint density at radius 1 is 1.37 bits per heavy atom. The fourth-order valence-corrected chi connectivity index (χ4v) is 2.11. The predicted octanol–water partition coefficient (Wildman–Crippen LogP) is 3.46. The summed E-state index contributed by atoms with van der Waals surface area (Å²) in [6.07, 6.45) is -2.08. The summed E-state index contributed by atoms with van der Waals surface area (Å²) in [6, 6.07) is 5.43. The number of benzene rings is 1. The van der Waals surface area contributed by atoms with Crippen LogP contribution in [-0.4, -0.2) is 30.1 Å². The van der Waals surface area contributed by atoms with Crippen molar-refractivity contribution in [2.45, 2.75) is 25.9 Å². The van der Waals surface area contributed by atoms with E-state index in [0.717, 1.165) is 31.2 Å².